The van der Waals surface area contributed by atoms with E-state index in [2.05, 4.69) is 120 Å². The Morgan fingerprint density at radius 1 is 0.438 bits per heavy atom. The maximum atomic E-state index is 6.61. The van der Waals surface area contributed by atoms with E-state index in [1.54, 1.807) is 0 Å². The summed E-state index contributed by atoms with van der Waals surface area (Å²) in [7, 11) is 0. The van der Waals surface area contributed by atoms with Crippen LogP contribution in [-0.4, -0.2) is 14.5 Å². The highest BCUT2D eigenvalue weighted by Gasteiger charge is 2.19. The lowest BCUT2D eigenvalue weighted by Gasteiger charge is -2.10. The van der Waals surface area contributed by atoms with Gasteiger partial charge in [-0.05, 0) is 53.2 Å². The Hall–Kier alpha value is -6.52. The molecule has 0 bridgehead atoms. The van der Waals surface area contributed by atoms with Gasteiger partial charge in [-0.15, -0.1) is 0 Å². The van der Waals surface area contributed by atoms with Crippen molar-refractivity contribution in [3.63, 3.8) is 0 Å². The lowest BCUT2D eigenvalue weighted by molar-refractivity contribution is 0.668. The van der Waals surface area contributed by atoms with Crippen molar-refractivity contribution in [2.45, 2.75) is 0 Å². The first-order valence-corrected chi connectivity index (χ1v) is 16.2. The van der Waals surface area contributed by atoms with Crippen molar-refractivity contribution >= 4 is 54.5 Å². The zero-order valence-electron chi connectivity index (χ0n) is 25.8. The molecule has 0 N–H and O–H groups in total. The van der Waals surface area contributed by atoms with E-state index in [0.29, 0.717) is 5.82 Å². The highest BCUT2D eigenvalue weighted by molar-refractivity contribution is 6.15. The van der Waals surface area contributed by atoms with Gasteiger partial charge in [-0.25, -0.2) is 9.97 Å². The van der Waals surface area contributed by atoms with Crippen LogP contribution in [0.15, 0.2) is 168 Å². The minimum absolute atomic E-state index is 0.668. The summed E-state index contributed by atoms with van der Waals surface area (Å²) < 4.78 is 8.96. The van der Waals surface area contributed by atoms with Gasteiger partial charge in [0.2, 0.25) is 0 Å². The normalized spacial score (nSPS) is 11.8. The standard InChI is InChI=1S/C44H27N3O/c1-3-12-28(13-4-1)37-27-38(29-14-5-2-6-15-29)46-44(45-37)35-19-11-21-41-43(35)34-23-22-32(26-42(34)48-41)47-39-20-10-9-18-33(39)36-24-30-16-7-8-17-31(30)25-40(36)47/h1-27H. The fourth-order valence-electron chi connectivity index (χ4n) is 7.15. The number of hydrogen-bond acceptors (Lipinski definition) is 3. The fraction of sp³-hybridized carbons (Fsp3) is 0. The highest BCUT2D eigenvalue weighted by atomic mass is 16.3. The van der Waals surface area contributed by atoms with Crippen LogP contribution in [0.25, 0.3) is 94.1 Å². The summed E-state index contributed by atoms with van der Waals surface area (Å²) in [6.45, 7) is 0. The van der Waals surface area contributed by atoms with Crippen molar-refractivity contribution in [3.8, 4) is 39.6 Å². The first kappa shape index (κ1) is 26.7. The van der Waals surface area contributed by atoms with Gasteiger partial charge in [0.25, 0.3) is 0 Å². The van der Waals surface area contributed by atoms with Crippen LogP contribution in [-0.2, 0) is 0 Å². The van der Waals surface area contributed by atoms with Gasteiger partial charge in [0.05, 0.1) is 22.4 Å². The van der Waals surface area contributed by atoms with Gasteiger partial charge in [-0.3, -0.25) is 0 Å². The number of benzene rings is 7. The van der Waals surface area contributed by atoms with Crippen LogP contribution >= 0.6 is 0 Å². The van der Waals surface area contributed by atoms with E-state index >= 15 is 0 Å². The molecular formula is C44H27N3O. The molecule has 4 nitrogen and oxygen atoms in total. The van der Waals surface area contributed by atoms with Crippen LogP contribution in [0, 0.1) is 0 Å². The summed E-state index contributed by atoms with van der Waals surface area (Å²) in [4.78, 5) is 10.3. The molecule has 0 spiro atoms. The molecule has 0 radical (unpaired) electrons. The van der Waals surface area contributed by atoms with Gasteiger partial charge >= 0.3 is 0 Å². The molecule has 10 rings (SSSR count). The van der Waals surface area contributed by atoms with Gasteiger partial charge in [0, 0.05) is 50.0 Å². The summed E-state index contributed by atoms with van der Waals surface area (Å²) in [5.74, 6) is 0.668. The van der Waals surface area contributed by atoms with Crippen LogP contribution in [0.2, 0.25) is 0 Å². The second kappa shape index (κ2) is 10.5. The van der Waals surface area contributed by atoms with Crippen molar-refractivity contribution < 1.29 is 4.42 Å². The van der Waals surface area contributed by atoms with Crippen LogP contribution in [0.5, 0.6) is 0 Å². The predicted molar refractivity (Wildman–Crippen MR) is 197 cm³/mol. The number of hydrogen-bond donors (Lipinski definition) is 0. The Morgan fingerprint density at radius 2 is 1.10 bits per heavy atom. The topological polar surface area (TPSA) is 43.9 Å². The number of rotatable bonds is 4. The van der Waals surface area contributed by atoms with Gasteiger partial charge in [0.15, 0.2) is 5.82 Å². The third kappa shape index (κ3) is 4.16. The van der Waals surface area contributed by atoms with Crippen LogP contribution in [0.3, 0.4) is 0 Å². The Balaban J connectivity index is 1.19. The molecule has 7 aromatic carbocycles. The molecule has 10 aromatic rings. The summed E-state index contributed by atoms with van der Waals surface area (Å²) >= 11 is 0. The Morgan fingerprint density at radius 3 is 1.85 bits per heavy atom. The molecule has 0 fully saturated rings. The van der Waals surface area contributed by atoms with E-state index in [0.717, 1.165) is 55.7 Å². The Bertz CT molecular complexity index is 2770. The zero-order chi connectivity index (χ0) is 31.6. The highest BCUT2D eigenvalue weighted by Crippen LogP contribution is 2.40. The molecular weight excluding hydrogens is 587 g/mol. The van der Waals surface area contributed by atoms with E-state index in [1.807, 2.05) is 48.5 Å². The number of fused-ring (bicyclic) bond motifs is 7. The van der Waals surface area contributed by atoms with Crippen molar-refractivity contribution in [1.82, 2.24) is 14.5 Å². The molecule has 0 amide bonds. The van der Waals surface area contributed by atoms with Crippen molar-refractivity contribution in [1.29, 1.82) is 0 Å². The number of furan rings is 1. The largest absolute Gasteiger partial charge is 0.456 e. The molecule has 0 atom stereocenters. The number of nitrogens with zero attached hydrogens (tertiary/aromatic N) is 3. The van der Waals surface area contributed by atoms with Gasteiger partial charge in [0.1, 0.15) is 11.2 Å². The van der Waals surface area contributed by atoms with E-state index in [-0.39, 0.29) is 0 Å². The second-order valence-electron chi connectivity index (χ2n) is 12.2. The van der Waals surface area contributed by atoms with Gasteiger partial charge in [-0.2, -0.15) is 0 Å². The molecule has 0 saturated carbocycles. The Labute approximate surface area is 276 Å². The minimum Gasteiger partial charge on any atom is -0.456 e. The molecule has 4 heteroatoms. The first-order chi connectivity index (χ1) is 23.8. The van der Waals surface area contributed by atoms with Crippen molar-refractivity contribution in [2.24, 2.45) is 0 Å². The van der Waals surface area contributed by atoms with Crippen LogP contribution < -0.4 is 0 Å². The molecule has 0 unspecified atom stereocenters. The monoisotopic (exact) mass is 613 g/mol. The lowest BCUT2D eigenvalue weighted by Crippen LogP contribution is -1.96. The summed E-state index contributed by atoms with van der Waals surface area (Å²) in [5.41, 5.74) is 9.82. The van der Waals surface area contributed by atoms with Gasteiger partial charge in [-0.1, -0.05) is 115 Å². The van der Waals surface area contributed by atoms with Gasteiger partial charge < -0.3 is 8.98 Å². The van der Waals surface area contributed by atoms with E-state index < -0.39 is 0 Å². The quantitative estimate of drug-likeness (QED) is 0.198. The summed E-state index contributed by atoms with van der Waals surface area (Å²) in [6, 6.07) is 57.2. The maximum absolute atomic E-state index is 6.61. The molecule has 0 saturated heterocycles. The summed E-state index contributed by atoms with van der Waals surface area (Å²) in [5, 5.41) is 6.97. The minimum atomic E-state index is 0.668. The maximum Gasteiger partial charge on any atom is 0.161 e. The van der Waals surface area contributed by atoms with Crippen LogP contribution in [0.1, 0.15) is 0 Å². The predicted octanol–water partition coefficient (Wildman–Crippen LogP) is 11.6. The smallest absolute Gasteiger partial charge is 0.161 e. The summed E-state index contributed by atoms with van der Waals surface area (Å²) in [6.07, 6.45) is 0. The molecule has 224 valence electrons. The molecule has 48 heavy (non-hydrogen) atoms. The fourth-order valence-corrected chi connectivity index (χ4v) is 7.15. The van der Waals surface area contributed by atoms with Crippen molar-refractivity contribution in [2.75, 3.05) is 0 Å². The molecule has 0 aliphatic heterocycles. The van der Waals surface area contributed by atoms with E-state index in [4.69, 9.17) is 14.4 Å². The third-order valence-electron chi connectivity index (χ3n) is 9.39. The molecule has 3 heterocycles. The molecule has 0 aliphatic rings. The SMILES string of the molecule is c1ccc(-c2cc(-c3ccccc3)nc(-c3cccc4oc5cc(-n6c7ccccc7c7cc8ccccc8cc76)ccc5c34)n2)cc1. The number of para-hydroxylation sites is 1. The van der Waals surface area contributed by atoms with E-state index in [9.17, 15) is 0 Å². The van der Waals surface area contributed by atoms with Crippen LogP contribution in [0.4, 0.5) is 0 Å². The average Bonchev–Trinajstić information content (AvgIpc) is 3.69. The lowest BCUT2D eigenvalue weighted by atomic mass is 10.0. The average molecular weight is 614 g/mol. The number of aromatic nitrogens is 3. The Kier molecular flexibility index (Phi) is 5.84. The molecule has 0 aliphatic carbocycles. The zero-order valence-corrected chi connectivity index (χ0v) is 25.8. The van der Waals surface area contributed by atoms with E-state index in [1.165, 1.54) is 32.6 Å². The van der Waals surface area contributed by atoms with Crippen molar-refractivity contribution in [3.05, 3.63) is 164 Å². The molecule has 3 aromatic heterocycles. The first-order valence-electron chi connectivity index (χ1n) is 16.2. The third-order valence-corrected chi connectivity index (χ3v) is 9.39. The second-order valence-corrected chi connectivity index (χ2v) is 12.2.